The number of benzene rings is 1. The number of hydrogen-bond donors (Lipinski definition) is 3. The molecule has 512 valence electrons. The van der Waals surface area contributed by atoms with Crippen LogP contribution in [0, 0.1) is 5.92 Å². The topological polar surface area (TPSA) is 342 Å². The minimum Gasteiger partial charge on any atom is -0.495 e. The number of amides is 8. The Bertz CT molecular complexity index is 2820. The van der Waals surface area contributed by atoms with Gasteiger partial charge >= 0.3 is 18.0 Å². The molecule has 4 saturated heterocycles. The molecule has 5 aliphatic heterocycles. The number of hydrogen-bond acceptors (Lipinski definition) is 24. The summed E-state index contributed by atoms with van der Waals surface area (Å²) < 4.78 is 62.1. The summed E-state index contributed by atoms with van der Waals surface area (Å²) in [6, 6.07) is 2.33. The van der Waals surface area contributed by atoms with Crippen molar-refractivity contribution in [2.24, 2.45) is 5.92 Å². The van der Waals surface area contributed by atoms with Crippen molar-refractivity contribution in [3.63, 3.8) is 0 Å². The molecule has 29 nitrogen and oxygen atoms in total. The van der Waals surface area contributed by atoms with Crippen LogP contribution < -0.4 is 20.3 Å². The van der Waals surface area contributed by atoms with Crippen LogP contribution in [0.2, 0.25) is 5.02 Å². The summed E-state index contributed by atoms with van der Waals surface area (Å²) >= 11 is 7.94. The molecule has 0 aromatic heterocycles. The number of allylic oxidation sites excluding steroid dienone is 3. The first-order valence-electron chi connectivity index (χ1n) is 30.5. The number of methoxy groups -OCH3 is 2. The van der Waals surface area contributed by atoms with Gasteiger partial charge in [-0.1, -0.05) is 42.3 Å². The van der Waals surface area contributed by atoms with Crippen LogP contribution in [-0.2, 0) is 102 Å². The summed E-state index contributed by atoms with van der Waals surface area (Å²) in [4.78, 5) is 137. The molecule has 1 aromatic rings. The highest BCUT2D eigenvalue weighted by Gasteiger charge is 2.64. The third-order valence-electron chi connectivity index (χ3n) is 16.0. The molecule has 0 saturated carbocycles. The third-order valence-corrected chi connectivity index (χ3v) is 17.6. The number of likely N-dealkylation sites (N-methyl/N-ethyl adjacent to an activating group) is 1. The van der Waals surface area contributed by atoms with Crippen molar-refractivity contribution in [3.05, 3.63) is 46.5 Å². The van der Waals surface area contributed by atoms with Gasteiger partial charge in [0, 0.05) is 84.5 Å². The number of rotatable bonds is 34. The summed E-state index contributed by atoms with van der Waals surface area (Å²) in [6.07, 6.45) is -0.229. The van der Waals surface area contributed by atoms with E-state index in [0.29, 0.717) is 69.2 Å². The highest BCUT2D eigenvalue weighted by molar-refractivity contribution is 8.00. The van der Waals surface area contributed by atoms with E-state index in [9.17, 15) is 53.1 Å². The van der Waals surface area contributed by atoms with Crippen LogP contribution in [0.25, 0.3) is 0 Å². The molecule has 0 radical (unpaired) electrons. The summed E-state index contributed by atoms with van der Waals surface area (Å²) in [5.41, 5.74) is -1.27. The van der Waals surface area contributed by atoms with Crippen molar-refractivity contribution in [1.29, 1.82) is 0 Å². The Morgan fingerprint density at radius 3 is 2.07 bits per heavy atom. The Balaban J connectivity index is 0.853. The second-order valence-corrected chi connectivity index (χ2v) is 24.4. The van der Waals surface area contributed by atoms with Gasteiger partial charge < -0.3 is 77.2 Å². The average molecular weight is 1340 g/mol. The molecular weight excluding hydrogens is 1250 g/mol. The molecule has 0 aliphatic carbocycles. The number of aliphatic hydroxyl groups is 1. The fourth-order valence-electron chi connectivity index (χ4n) is 10.4. The summed E-state index contributed by atoms with van der Waals surface area (Å²) in [5.74, 6) is -5.14. The van der Waals surface area contributed by atoms with Crippen LogP contribution in [0.5, 0.6) is 5.75 Å². The summed E-state index contributed by atoms with van der Waals surface area (Å²) in [7, 11) is 5.81. The summed E-state index contributed by atoms with van der Waals surface area (Å²) in [6.45, 7) is 10.2. The number of epoxide rings is 1. The number of anilines is 1. The van der Waals surface area contributed by atoms with Gasteiger partial charge in [-0.15, -0.1) is 16.8 Å². The molecule has 8 amide bonds. The minimum absolute atomic E-state index is 0.0258. The van der Waals surface area contributed by atoms with Gasteiger partial charge in [0.15, 0.2) is 5.72 Å². The van der Waals surface area contributed by atoms with Crippen LogP contribution >= 0.6 is 23.4 Å². The van der Waals surface area contributed by atoms with Crippen molar-refractivity contribution in [2.75, 3.05) is 131 Å². The van der Waals surface area contributed by atoms with Crippen molar-refractivity contribution < 1.29 is 110 Å². The number of hydroxylamine groups is 2. The SMILES string of the molecule is COc1cc2cc(c1Cl)N(C)C(=O)C[C@H](OC(=O)[C@H](C)N(C)C(=O)CCSC1CC(=O)N(CCC(=O)NCCOCCOCCOCCOCCOCCOCCC(=O)ON3C(=O)CCC3=O)C1=O)[C@]1(C)O[C@H]1[C@H](C)[C@@H]1C[C@@](O)(NC(=O)O1)[C@H](OC)/C=C/C=C(\C)C2. The number of nitrogens with one attached hydrogen (secondary N) is 2. The number of fused-ring (bicyclic) bond motifs is 5. The Morgan fingerprint density at radius 1 is 0.848 bits per heavy atom. The lowest BCUT2D eigenvalue weighted by molar-refractivity contribution is -0.198. The number of ether oxygens (including phenoxy) is 11. The van der Waals surface area contributed by atoms with Crippen LogP contribution in [0.3, 0.4) is 0 Å². The van der Waals surface area contributed by atoms with Crippen LogP contribution in [0.15, 0.2) is 35.9 Å². The van der Waals surface area contributed by atoms with E-state index in [1.165, 1.54) is 45.0 Å². The van der Waals surface area contributed by atoms with Gasteiger partial charge in [0.2, 0.25) is 29.5 Å². The molecule has 3 N–H and O–H groups in total. The van der Waals surface area contributed by atoms with Crippen molar-refractivity contribution in [1.82, 2.24) is 25.5 Å². The Morgan fingerprint density at radius 2 is 1.46 bits per heavy atom. The van der Waals surface area contributed by atoms with Gasteiger partial charge in [0.05, 0.1) is 116 Å². The second-order valence-electron chi connectivity index (χ2n) is 22.7. The molecule has 9 atom stereocenters. The standard InChI is InChI=1S/C61H87ClN6O23S/c1-38-10-9-11-46(81-8)61(79)37-44(88-59(78)64-61)39(2)56-60(4,90-56)47(36-52(73)66(6)42-33-41(32-38)34-43(80-7)55(42)62)89-58(77)40(3)65(5)49(70)16-31-92-45-35-53(74)67(57(45)76)18-14-48(69)63-17-20-83-22-24-85-26-28-87-30-29-86-27-25-84-23-21-82-19-15-54(75)91-68-50(71)12-13-51(68)72/h9-11,33-34,39-40,44-47,56,79H,12-32,35-37H2,1-8H3,(H,63,69)(H,64,78)/b11-9+,38-10+/t39-,40+,44+,45?,46-,47+,56+,60+,61+/m1/s1. The lowest BCUT2D eigenvalue weighted by Crippen LogP contribution is -2.63. The lowest BCUT2D eigenvalue weighted by Gasteiger charge is -2.42. The van der Waals surface area contributed by atoms with E-state index in [2.05, 4.69) is 10.6 Å². The monoisotopic (exact) mass is 1340 g/mol. The Labute approximate surface area is 543 Å². The zero-order valence-electron chi connectivity index (χ0n) is 53.4. The van der Waals surface area contributed by atoms with Crippen LogP contribution in [0.4, 0.5) is 10.5 Å². The predicted octanol–water partition coefficient (Wildman–Crippen LogP) is 2.37. The molecule has 6 rings (SSSR count). The maximum atomic E-state index is 14.4. The first-order chi connectivity index (χ1) is 43.9. The molecule has 5 heterocycles. The highest BCUT2D eigenvalue weighted by Crippen LogP contribution is 2.49. The maximum Gasteiger partial charge on any atom is 0.409 e. The van der Waals surface area contributed by atoms with Crippen molar-refractivity contribution in [2.45, 2.75) is 133 Å². The average Bonchev–Trinajstić information content (AvgIpc) is 1.57. The number of alkyl carbamates (subject to hydrolysis) is 1. The zero-order valence-corrected chi connectivity index (χ0v) is 55.0. The largest absolute Gasteiger partial charge is 0.495 e. The first-order valence-corrected chi connectivity index (χ1v) is 31.9. The molecule has 1 aromatic carbocycles. The number of likely N-dealkylation sites (tertiary alicyclic amines) is 1. The van der Waals surface area contributed by atoms with E-state index in [4.69, 9.17) is 68.5 Å². The van der Waals surface area contributed by atoms with Gasteiger partial charge in [-0.05, 0) is 44.9 Å². The molecule has 4 fully saturated rings. The third kappa shape index (κ3) is 21.6. The maximum absolute atomic E-state index is 14.4. The number of nitrogens with zero attached hydrogens (tertiary/aromatic N) is 4. The van der Waals surface area contributed by atoms with E-state index < -0.39 is 113 Å². The summed E-state index contributed by atoms with van der Waals surface area (Å²) in [5, 5.41) is 17.0. The van der Waals surface area contributed by atoms with Crippen LogP contribution in [-0.4, -0.2) is 253 Å². The van der Waals surface area contributed by atoms with Gasteiger partial charge in [0.1, 0.15) is 40.7 Å². The van der Waals surface area contributed by atoms with Gasteiger partial charge in [0.25, 0.3) is 11.8 Å². The second kappa shape index (κ2) is 36.4. The molecule has 31 heteroatoms. The quantitative estimate of drug-likeness (QED) is 0.0386. The molecule has 0 spiro atoms. The Hall–Kier alpha value is -6.32. The number of imide groups is 2. The number of carbonyl (C=O) groups excluding carboxylic acids is 10. The van der Waals surface area contributed by atoms with E-state index in [1.807, 2.05) is 13.0 Å². The molecule has 1 unspecified atom stereocenters. The highest BCUT2D eigenvalue weighted by atomic mass is 35.5. The fraction of sp³-hybridized carbons (Fsp3) is 0.672. The zero-order chi connectivity index (χ0) is 67.1. The van der Waals surface area contributed by atoms with Gasteiger partial charge in [-0.3, -0.25) is 43.8 Å². The number of carbonyl (C=O) groups is 10. The minimum atomic E-state index is -1.90. The number of esters is 1. The van der Waals surface area contributed by atoms with E-state index in [0.717, 1.165) is 27.8 Å². The fourth-order valence-corrected chi connectivity index (χ4v) is 11.8. The molecular formula is C61H87ClN6O23S. The normalized spacial score (nSPS) is 25.5. The molecule has 5 aliphatic rings. The number of thioether (sulfide) groups is 1. The lowest BCUT2D eigenvalue weighted by atomic mass is 9.83. The van der Waals surface area contributed by atoms with Crippen LogP contribution in [0.1, 0.15) is 84.6 Å². The van der Waals surface area contributed by atoms with E-state index in [-0.39, 0.29) is 108 Å². The smallest absolute Gasteiger partial charge is 0.409 e. The number of halogens is 1. The van der Waals surface area contributed by atoms with Crippen molar-refractivity contribution >= 4 is 88.4 Å². The first kappa shape index (κ1) is 74.7. The van der Waals surface area contributed by atoms with Gasteiger partial charge in [-0.25, -0.2) is 14.4 Å². The molecule has 92 heavy (non-hydrogen) atoms. The van der Waals surface area contributed by atoms with E-state index in [1.54, 1.807) is 38.1 Å². The molecule has 4 bridgehead atoms. The van der Waals surface area contributed by atoms with Crippen molar-refractivity contribution in [3.8, 4) is 5.75 Å². The Kier molecular flexibility index (Phi) is 29.5. The van der Waals surface area contributed by atoms with Gasteiger partial charge in [-0.2, -0.15) is 0 Å². The predicted molar refractivity (Wildman–Crippen MR) is 327 cm³/mol. The van der Waals surface area contributed by atoms with E-state index >= 15 is 0 Å².